The first kappa shape index (κ1) is 19.6. The molecule has 0 saturated carbocycles. The molecule has 0 unspecified atom stereocenters. The summed E-state index contributed by atoms with van der Waals surface area (Å²) in [4.78, 5) is 19.8. The quantitative estimate of drug-likeness (QED) is 0.683. The van der Waals surface area contributed by atoms with Gasteiger partial charge >= 0.3 is 0 Å². The van der Waals surface area contributed by atoms with E-state index >= 15 is 0 Å². The molecule has 1 fully saturated rings. The van der Waals surface area contributed by atoms with Gasteiger partial charge in [-0.05, 0) is 50.1 Å². The summed E-state index contributed by atoms with van der Waals surface area (Å²) in [6.07, 6.45) is 3.68. The number of pyridine rings is 1. The zero-order valence-electron chi connectivity index (χ0n) is 17.5. The second-order valence-electron chi connectivity index (χ2n) is 7.96. The number of piperidine rings is 1. The molecule has 0 atom stereocenters. The topological polar surface area (TPSA) is 81.5 Å². The average Bonchev–Trinajstić information content (AvgIpc) is 3.43. The molecule has 31 heavy (non-hydrogen) atoms. The minimum atomic E-state index is -0.192. The first-order valence-corrected chi connectivity index (χ1v) is 10.5. The number of fused-ring (bicyclic) bond motifs is 1. The molecule has 0 aliphatic carbocycles. The van der Waals surface area contributed by atoms with Crippen LogP contribution in [0, 0.1) is 6.92 Å². The number of carbonyl (C=O) groups excluding carboxylic acids is 1. The van der Waals surface area contributed by atoms with E-state index in [9.17, 15) is 4.79 Å². The van der Waals surface area contributed by atoms with Crippen molar-refractivity contribution in [1.82, 2.24) is 19.7 Å². The lowest BCUT2D eigenvalue weighted by molar-refractivity contribution is 0.102. The molecule has 3 aromatic rings. The normalized spacial score (nSPS) is 16.4. The first-order chi connectivity index (χ1) is 15.2. The van der Waals surface area contributed by atoms with Gasteiger partial charge in [0.05, 0.1) is 17.9 Å². The molecule has 0 radical (unpaired) electrons. The first-order valence-electron chi connectivity index (χ1n) is 10.5. The van der Waals surface area contributed by atoms with Gasteiger partial charge in [-0.2, -0.15) is 5.10 Å². The Bertz CT molecular complexity index is 1090. The van der Waals surface area contributed by atoms with Gasteiger partial charge in [0, 0.05) is 37.0 Å². The number of likely N-dealkylation sites (tertiary alicyclic amines) is 1. The van der Waals surface area contributed by atoms with Gasteiger partial charge in [0.15, 0.2) is 11.5 Å². The van der Waals surface area contributed by atoms with E-state index in [1.807, 2.05) is 23.7 Å². The fraction of sp³-hybridized carbons (Fsp3) is 0.348. The lowest BCUT2D eigenvalue weighted by atomic mass is 10.0. The number of anilines is 1. The summed E-state index contributed by atoms with van der Waals surface area (Å²) in [5, 5.41) is 7.49. The maximum Gasteiger partial charge on any atom is 0.256 e. The molecule has 2 aliphatic rings. The SMILES string of the molecule is Cc1cccc(CN2CCC(n3nccc3NC(=O)c3ccc4c(c3)OCO4)CC2)n1. The van der Waals surface area contributed by atoms with E-state index in [0.717, 1.165) is 43.9 Å². The maximum atomic E-state index is 12.8. The van der Waals surface area contributed by atoms with Crippen molar-refractivity contribution in [1.29, 1.82) is 0 Å². The van der Waals surface area contributed by atoms with Crippen LogP contribution in [-0.4, -0.2) is 45.5 Å². The molecule has 1 aromatic carbocycles. The summed E-state index contributed by atoms with van der Waals surface area (Å²) in [5.41, 5.74) is 2.68. The Kier molecular flexibility index (Phi) is 5.30. The van der Waals surface area contributed by atoms with Gasteiger partial charge in [-0.1, -0.05) is 6.07 Å². The van der Waals surface area contributed by atoms with Crippen molar-refractivity contribution in [3.63, 3.8) is 0 Å². The highest BCUT2D eigenvalue weighted by atomic mass is 16.7. The number of aromatic nitrogens is 3. The Labute approximate surface area is 180 Å². The molecule has 5 rings (SSSR count). The van der Waals surface area contributed by atoms with Crippen LogP contribution in [0.5, 0.6) is 11.5 Å². The molecule has 2 aromatic heterocycles. The summed E-state index contributed by atoms with van der Waals surface area (Å²) in [5.74, 6) is 1.77. The van der Waals surface area contributed by atoms with E-state index in [1.54, 1.807) is 24.4 Å². The van der Waals surface area contributed by atoms with Crippen molar-refractivity contribution >= 4 is 11.7 Å². The molecule has 1 saturated heterocycles. The molecule has 0 bridgehead atoms. The Balaban J connectivity index is 1.21. The molecule has 0 spiro atoms. The summed E-state index contributed by atoms with van der Waals surface area (Å²) in [7, 11) is 0. The van der Waals surface area contributed by atoms with Crippen LogP contribution < -0.4 is 14.8 Å². The number of benzene rings is 1. The third-order valence-electron chi connectivity index (χ3n) is 5.78. The Morgan fingerprint density at radius 1 is 1.13 bits per heavy atom. The zero-order valence-corrected chi connectivity index (χ0v) is 17.5. The minimum absolute atomic E-state index is 0.186. The second-order valence-corrected chi connectivity index (χ2v) is 7.96. The van der Waals surface area contributed by atoms with Crippen LogP contribution in [0.4, 0.5) is 5.82 Å². The maximum absolute atomic E-state index is 12.8. The zero-order chi connectivity index (χ0) is 21.2. The molecular weight excluding hydrogens is 394 g/mol. The fourth-order valence-electron chi connectivity index (χ4n) is 4.17. The summed E-state index contributed by atoms with van der Waals surface area (Å²) < 4.78 is 12.6. The van der Waals surface area contributed by atoms with Gasteiger partial charge in [-0.3, -0.25) is 14.7 Å². The minimum Gasteiger partial charge on any atom is -0.454 e. The van der Waals surface area contributed by atoms with Gasteiger partial charge in [0.25, 0.3) is 5.91 Å². The van der Waals surface area contributed by atoms with E-state index in [0.29, 0.717) is 22.9 Å². The van der Waals surface area contributed by atoms with Crippen LogP contribution in [0.1, 0.15) is 40.6 Å². The van der Waals surface area contributed by atoms with Crippen molar-refractivity contribution < 1.29 is 14.3 Å². The van der Waals surface area contributed by atoms with Gasteiger partial charge in [-0.25, -0.2) is 4.68 Å². The molecule has 4 heterocycles. The number of hydrogen-bond acceptors (Lipinski definition) is 6. The molecule has 8 heteroatoms. The van der Waals surface area contributed by atoms with Crippen LogP contribution in [0.3, 0.4) is 0 Å². The number of rotatable bonds is 5. The largest absolute Gasteiger partial charge is 0.454 e. The van der Waals surface area contributed by atoms with E-state index in [4.69, 9.17) is 9.47 Å². The Morgan fingerprint density at radius 2 is 1.97 bits per heavy atom. The summed E-state index contributed by atoms with van der Waals surface area (Å²) in [6, 6.07) is 13.5. The van der Waals surface area contributed by atoms with Crippen LogP contribution >= 0.6 is 0 Å². The van der Waals surface area contributed by atoms with E-state index in [2.05, 4.69) is 32.4 Å². The smallest absolute Gasteiger partial charge is 0.256 e. The van der Waals surface area contributed by atoms with Gasteiger partial charge in [0.1, 0.15) is 5.82 Å². The van der Waals surface area contributed by atoms with Crippen LogP contribution in [0.15, 0.2) is 48.7 Å². The highest BCUT2D eigenvalue weighted by Gasteiger charge is 2.24. The Hall–Kier alpha value is -3.39. The lowest BCUT2D eigenvalue weighted by Crippen LogP contribution is -2.35. The van der Waals surface area contributed by atoms with Gasteiger partial charge in [-0.15, -0.1) is 0 Å². The van der Waals surface area contributed by atoms with Crippen molar-refractivity contribution in [2.75, 3.05) is 25.2 Å². The van der Waals surface area contributed by atoms with Gasteiger partial charge < -0.3 is 14.8 Å². The third kappa shape index (κ3) is 4.25. The Morgan fingerprint density at radius 3 is 2.81 bits per heavy atom. The second kappa shape index (κ2) is 8.39. The highest BCUT2D eigenvalue weighted by Crippen LogP contribution is 2.33. The molecule has 1 N–H and O–H groups in total. The van der Waals surface area contributed by atoms with Gasteiger partial charge in [0.2, 0.25) is 6.79 Å². The number of ether oxygens (including phenoxy) is 2. The average molecular weight is 419 g/mol. The van der Waals surface area contributed by atoms with E-state index in [1.165, 1.54) is 0 Å². The number of hydrogen-bond donors (Lipinski definition) is 1. The lowest BCUT2D eigenvalue weighted by Gasteiger charge is -2.32. The van der Waals surface area contributed by atoms with Crippen molar-refractivity contribution in [2.45, 2.75) is 32.4 Å². The van der Waals surface area contributed by atoms with Crippen LogP contribution in [0.2, 0.25) is 0 Å². The molecule has 2 aliphatic heterocycles. The van der Waals surface area contributed by atoms with Crippen molar-refractivity contribution in [2.24, 2.45) is 0 Å². The molecular formula is C23H25N5O3. The highest BCUT2D eigenvalue weighted by molar-refractivity contribution is 6.04. The predicted octanol–water partition coefficient (Wildman–Crippen LogP) is 3.40. The van der Waals surface area contributed by atoms with E-state index < -0.39 is 0 Å². The molecule has 8 nitrogen and oxygen atoms in total. The monoisotopic (exact) mass is 419 g/mol. The predicted molar refractivity (Wildman–Crippen MR) is 115 cm³/mol. The standard InChI is InChI=1S/C23H25N5O3/c1-16-3-2-4-18(25-16)14-27-11-8-19(9-12-27)28-22(7-10-24-28)26-23(29)17-5-6-20-21(13-17)31-15-30-20/h2-7,10,13,19H,8-9,11-12,14-15H2,1H3,(H,26,29). The number of nitrogens with one attached hydrogen (secondary N) is 1. The number of amides is 1. The van der Waals surface area contributed by atoms with Crippen LogP contribution in [0.25, 0.3) is 0 Å². The molecule has 1 amide bonds. The van der Waals surface area contributed by atoms with Crippen molar-refractivity contribution in [3.05, 3.63) is 65.6 Å². The number of aryl methyl sites for hydroxylation is 1. The summed E-state index contributed by atoms with van der Waals surface area (Å²) >= 11 is 0. The molecule has 160 valence electrons. The number of carbonyl (C=O) groups is 1. The van der Waals surface area contributed by atoms with Crippen LogP contribution in [-0.2, 0) is 6.54 Å². The summed E-state index contributed by atoms with van der Waals surface area (Å²) in [6.45, 7) is 5.01. The number of nitrogens with zero attached hydrogens (tertiary/aromatic N) is 4. The fourth-order valence-corrected chi connectivity index (χ4v) is 4.17. The van der Waals surface area contributed by atoms with E-state index in [-0.39, 0.29) is 18.7 Å². The third-order valence-corrected chi connectivity index (χ3v) is 5.78. The van der Waals surface area contributed by atoms with Crippen molar-refractivity contribution in [3.8, 4) is 11.5 Å².